The van der Waals surface area contributed by atoms with Gasteiger partial charge in [-0.05, 0) is 24.3 Å². The number of carbonyl (C=O) groups is 1. The monoisotopic (exact) mass is 437 g/mol. The molecule has 0 aliphatic heterocycles. The second-order valence-corrected chi connectivity index (χ2v) is 7.71. The number of aromatic nitrogens is 5. The van der Waals surface area contributed by atoms with Crippen LogP contribution in [0.4, 0.5) is 17.3 Å². The molecule has 0 aliphatic carbocycles. The molecule has 1 unspecified atom stereocenters. The largest absolute Gasteiger partial charge is 0.371 e. The molecule has 0 bridgehead atoms. The van der Waals surface area contributed by atoms with E-state index in [1.807, 2.05) is 11.6 Å². The number of hydrogen-bond acceptors (Lipinski definition) is 9. The minimum Gasteiger partial charge on any atom is -0.371 e. The summed E-state index contributed by atoms with van der Waals surface area (Å²) in [5.41, 5.74) is 8.56. The number of nitrogens with one attached hydrogen (secondary N) is 3. The third-order valence-electron chi connectivity index (χ3n) is 4.62. The number of thiol groups is 1. The fourth-order valence-electron chi connectivity index (χ4n) is 3.09. The molecule has 11 nitrogen and oxygen atoms in total. The lowest BCUT2D eigenvalue weighted by molar-refractivity contribution is 0.0996. The van der Waals surface area contributed by atoms with E-state index in [-0.39, 0.29) is 11.5 Å². The Kier molecular flexibility index (Phi) is 5.21. The highest BCUT2D eigenvalue weighted by Gasteiger charge is 2.21. The van der Waals surface area contributed by atoms with Gasteiger partial charge in [0.2, 0.25) is 0 Å². The molecule has 0 spiro atoms. The van der Waals surface area contributed by atoms with Crippen LogP contribution in [0.3, 0.4) is 0 Å². The van der Waals surface area contributed by atoms with Gasteiger partial charge in [-0.1, -0.05) is 0 Å². The smallest absolute Gasteiger partial charge is 0.271 e. The van der Waals surface area contributed by atoms with Crippen LogP contribution < -0.4 is 16.4 Å². The highest BCUT2D eigenvalue weighted by Crippen LogP contribution is 2.32. The Morgan fingerprint density at radius 2 is 1.90 bits per heavy atom. The minimum absolute atomic E-state index is 0.0578. The molecule has 31 heavy (non-hydrogen) atoms. The number of pyridine rings is 1. The van der Waals surface area contributed by atoms with E-state index in [0.717, 1.165) is 5.52 Å². The third kappa shape index (κ3) is 3.75. The molecule has 4 aromatic rings. The van der Waals surface area contributed by atoms with Crippen molar-refractivity contribution in [1.29, 1.82) is 4.78 Å². The number of rotatable bonds is 6. The summed E-state index contributed by atoms with van der Waals surface area (Å²) in [5.74, 6) is -0.200. The van der Waals surface area contributed by atoms with Crippen LogP contribution in [0.5, 0.6) is 0 Å². The molecule has 158 valence electrons. The number of benzene rings is 1. The topological polar surface area (TPSA) is 165 Å². The van der Waals surface area contributed by atoms with E-state index >= 15 is 0 Å². The van der Waals surface area contributed by atoms with Gasteiger partial charge in [-0.3, -0.25) is 14.6 Å². The quantitative estimate of drug-likeness (QED) is 0.285. The predicted molar refractivity (Wildman–Crippen MR) is 118 cm³/mol. The summed E-state index contributed by atoms with van der Waals surface area (Å²) >= 11 is 0. The number of nitrogens with two attached hydrogens (primary N) is 1. The van der Waals surface area contributed by atoms with Crippen LogP contribution >= 0.6 is 0 Å². The number of carbonyl (C=O) groups excluding carboxylic acids is 1. The molecule has 5 N–H and O–H groups in total. The number of amides is 1. The van der Waals surface area contributed by atoms with Crippen LogP contribution in [0.25, 0.3) is 22.3 Å². The van der Waals surface area contributed by atoms with E-state index in [2.05, 4.69) is 30.6 Å². The second kappa shape index (κ2) is 7.99. The molecule has 0 fully saturated rings. The Hall–Kier alpha value is -4.06. The molecule has 12 heteroatoms. The second-order valence-electron chi connectivity index (χ2n) is 6.61. The van der Waals surface area contributed by atoms with E-state index in [1.165, 1.54) is 0 Å². The van der Waals surface area contributed by atoms with Crippen molar-refractivity contribution in [2.45, 2.75) is 4.90 Å². The number of nitrogens with zero attached hydrogens (tertiary/aromatic N) is 5. The standard InChI is InChI=1S/C19H19N9O2S/c1-22-18-15(12-7-23-8-13-14(12)24-9-28(13)2)26-16(17(20)29)19(27-18)25-10-3-5-11(6-4-10)31(21)30/h3-9,21,31H,1-2H3,(H2,20,29)(H2,22,25,27). The van der Waals surface area contributed by atoms with Crippen molar-refractivity contribution in [2.24, 2.45) is 12.8 Å². The van der Waals surface area contributed by atoms with Gasteiger partial charge >= 0.3 is 0 Å². The van der Waals surface area contributed by atoms with Gasteiger partial charge in [-0.2, -0.15) is 0 Å². The van der Waals surface area contributed by atoms with Crippen molar-refractivity contribution in [3.05, 3.63) is 48.7 Å². The lowest BCUT2D eigenvalue weighted by atomic mass is 10.1. The van der Waals surface area contributed by atoms with Crippen molar-refractivity contribution >= 4 is 44.9 Å². The molecule has 0 radical (unpaired) electrons. The van der Waals surface area contributed by atoms with Crippen LogP contribution in [0.1, 0.15) is 10.5 Å². The Morgan fingerprint density at radius 1 is 1.16 bits per heavy atom. The van der Waals surface area contributed by atoms with Crippen molar-refractivity contribution in [3.63, 3.8) is 0 Å². The first-order valence-electron chi connectivity index (χ1n) is 9.09. The molecule has 3 aromatic heterocycles. The highest BCUT2D eigenvalue weighted by molar-refractivity contribution is 7.73. The van der Waals surface area contributed by atoms with Crippen LogP contribution in [-0.4, -0.2) is 41.7 Å². The fraction of sp³-hybridized carbons (Fsp3) is 0.105. The maximum absolute atomic E-state index is 12.2. The summed E-state index contributed by atoms with van der Waals surface area (Å²) in [6.07, 6.45) is 4.97. The average Bonchev–Trinajstić information content (AvgIpc) is 3.14. The zero-order valence-electron chi connectivity index (χ0n) is 16.6. The summed E-state index contributed by atoms with van der Waals surface area (Å²) in [6.45, 7) is 0. The molecule has 1 amide bonds. The predicted octanol–water partition coefficient (Wildman–Crippen LogP) is 1.91. The van der Waals surface area contributed by atoms with E-state index < -0.39 is 16.5 Å². The van der Waals surface area contributed by atoms with Gasteiger partial charge in [-0.15, -0.1) is 0 Å². The van der Waals surface area contributed by atoms with Crippen molar-refractivity contribution in [2.75, 3.05) is 17.7 Å². The van der Waals surface area contributed by atoms with Crippen LogP contribution in [-0.2, 0) is 17.6 Å². The van der Waals surface area contributed by atoms with E-state index in [1.54, 1.807) is 50.0 Å². The molecule has 1 atom stereocenters. The lowest BCUT2D eigenvalue weighted by Crippen LogP contribution is -2.18. The average molecular weight is 437 g/mol. The first-order valence-corrected chi connectivity index (χ1v) is 10.4. The summed E-state index contributed by atoms with van der Waals surface area (Å²) in [4.78, 5) is 30.2. The van der Waals surface area contributed by atoms with Crippen LogP contribution in [0.2, 0.25) is 0 Å². The molecule has 1 aromatic carbocycles. The maximum Gasteiger partial charge on any atom is 0.271 e. The van der Waals surface area contributed by atoms with Crippen LogP contribution in [0, 0.1) is 4.78 Å². The number of fused-ring (bicyclic) bond motifs is 1. The maximum atomic E-state index is 12.2. The van der Waals surface area contributed by atoms with Crippen LogP contribution in [0.15, 0.2) is 47.9 Å². The number of imidazole rings is 1. The number of primary amides is 1. The summed E-state index contributed by atoms with van der Waals surface area (Å²) in [7, 11) is 1.36. The van der Waals surface area contributed by atoms with Crippen molar-refractivity contribution in [1.82, 2.24) is 24.5 Å². The molecule has 0 saturated carbocycles. The molecule has 0 saturated heterocycles. The first kappa shape index (κ1) is 20.2. The van der Waals surface area contributed by atoms with E-state index in [4.69, 9.17) is 10.5 Å². The Morgan fingerprint density at radius 3 is 2.55 bits per heavy atom. The molecular formula is C19H19N9O2S. The Labute approximate surface area is 178 Å². The van der Waals surface area contributed by atoms with Crippen molar-refractivity contribution < 1.29 is 9.00 Å². The third-order valence-corrected chi connectivity index (χ3v) is 5.39. The highest BCUT2D eigenvalue weighted by atomic mass is 32.2. The zero-order valence-corrected chi connectivity index (χ0v) is 17.5. The Balaban J connectivity index is 1.84. The first-order chi connectivity index (χ1) is 14.9. The van der Waals surface area contributed by atoms with Crippen molar-refractivity contribution in [3.8, 4) is 11.3 Å². The SMILES string of the molecule is CNc1nc(Nc2ccc([SH](=N)=O)cc2)c(C(N)=O)nc1-c1cncc2c1ncn2C. The van der Waals surface area contributed by atoms with Gasteiger partial charge < -0.3 is 20.9 Å². The molecular weight excluding hydrogens is 418 g/mol. The summed E-state index contributed by atoms with van der Waals surface area (Å²) in [5, 5.41) is 6.00. The number of aryl methyl sites for hydroxylation is 1. The van der Waals surface area contributed by atoms with Gasteiger partial charge in [0.15, 0.2) is 17.3 Å². The fourth-order valence-corrected chi connectivity index (χ4v) is 3.51. The lowest BCUT2D eigenvalue weighted by Gasteiger charge is -2.14. The number of hydrogen-bond donors (Lipinski definition) is 5. The summed E-state index contributed by atoms with van der Waals surface area (Å²) in [6, 6.07) is 6.39. The minimum atomic E-state index is -2.19. The number of anilines is 3. The zero-order chi connectivity index (χ0) is 22.1. The van der Waals surface area contributed by atoms with Gasteiger partial charge in [0.05, 0.1) is 34.2 Å². The normalized spacial score (nSPS) is 11.9. The Bertz CT molecular complexity index is 1370. The van der Waals surface area contributed by atoms with E-state index in [9.17, 15) is 9.00 Å². The van der Waals surface area contributed by atoms with Gasteiger partial charge in [-0.25, -0.2) is 19.2 Å². The summed E-state index contributed by atoms with van der Waals surface area (Å²) < 4.78 is 20.4. The van der Waals surface area contributed by atoms with E-state index in [0.29, 0.717) is 33.2 Å². The van der Waals surface area contributed by atoms with Gasteiger partial charge in [0.1, 0.15) is 11.2 Å². The molecule has 4 rings (SSSR count). The van der Waals surface area contributed by atoms with Gasteiger partial charge in [0, 0.05) is 30.9 Å². The molecule has 0 aliphatic rings. The molecule has 3 heterocycles. The van der Waals surface area contributed by atoms with Gasteiger partial charge in [0.25, 0.3) is 5.91 Å².